The van der Waals surface area contributed by atoms with Gasteiger partial charge in [-0.1, -0.05) is 6.42 Å². The molecule has 0 bridgehead atoms. The molecule has 3 rings (SSSR count). The molecular formula is C12H16N2O5S. The number of hydrogen-bond acceptors (Lipinski definition) is 5. The van der Waals surface area contributed by atoms with Gasteiger partial charge in [-0.3, -0.25) is 19.8 Å². The molecule has 1 saturated carbocycles. The molecule has 3 fully saturated rings. The summed E-state index contributed by atoms with van der Waals surface area (Å²) in [6, 6.07) is -0.792. The predicted octanol–water partition coefficient (Wildman–Crippen LogP) is -0.188. The average molecular weight is 300 g/mol. The van der Waals surface area contributed by atoms with Crippen molar-refractivity contribution in [3.8, 4) is 0 Å². The van der Waals surface area contributed by atoms with Gasteiger partial charge in [-0.2, -0.15) is 0 Å². The second-order valence-electron chi connectivity index (χ2n) is 5.74. The van der Waals surface area contributed by atoms with Crippen molar-refractivity contribution in [3.63, 3.8) is 0 Å². The van der Waals surface area contributed by atoms with Gasteiger partial charge < -0.3 is 0 Å². The Labute approximate surface area is 116 Å². The molecule has 20 heavy (non-hydrogen) atoms. The van der Waals surface area contributed by atoms with Gasteiger partial charge in [-0.05, 0) is 25.7 Å². The molecule has 4 amide bonds. The highest BCUT2D eigenvalue weighted by Crippen LogP contribution is 2.44. The molecule has 1 aliphatic carbocycles. The number of hydrogen-bond donors (Lipinski definition) is 1. The van der Waals surface area contributed by atoms with E-state index in [9.17, 15) is 22.8 Å². The Bertz CT molecular complexity index is 593. The minimum atomic E-state index is -3.23. The third kappa shape index (κ3) is 1.77. The maximum absolute atomic E-state index is 12.4. The number of urea groups is 1. The molecule has 0 radical (unpaired) electrons. The summed E-state index contributed by atoms with van der Waals surface area (Å²) in [5.41, 5.74) is -1.13. The van der Waals surface area contributed by atoms with Crippen molar-refractivity contribution in [1.82, 2.24) is 10.2 Å². The zero-order valence-corrected chi connectivity index (χ0v) is 11.7. The van der Waals surface area contributed by atoms with Crippen LogP contribution in [0.15, 0.2) is 0 Å². The zero-order valence-electron chi connectivity index (χ0n) is 10.9. The Morgan fingerprint density at radius 1 is 1.20 bits per heavy atom. The fraction of sp³-hybridized carbons (Fsp3) is 0.750. The standard InChI is InChI=1S/C12H16N2O5S/c15-9-12(4-2-5-12)10(16)14(11(17)13-9)7-8-3-1-6-20(8,18)19/h8H,1-7H2,(H,13,15,17). The van der Waals surface area contributed by atoms with Crippen molar-refractivity contribution >= 4 is 27.7 Å². The summed E-state index contributed by atoms with van der Waals surface area (Å²) in [6.07, 6.45) is 2.64. The number of nitrogens with one attached hydrogen (secondary N) is 1. The summed E-state index contributed by atoms with van der Waals surface area (Å²) in [5.74, 6) is -0.963. The van der Waals surface area contributed by atoms with Crippen LogP contribution < -0.4 is 5.32 Å². The van der Waals surface area contributed by atoms with Gasteiger partial charge in [0, 0.05) is 6.54 Å². The number of carbonyl (C=O) groups is 3. The van der Waals surface area contributed by atoms with E-state index in [0.717, 1.165) is 11.3 Å². The molecule has 1 N–H and O–H groups in total. The van der Waals surface area contributed by atoms with Gasteiger partial charge in [0.25, 0.3) is 0 Å². The normalized spacial score (nSPS) is 31.3. The number of nitrogens with zero attached hydrogens (tertiary/aromatic N) is 1. The lowest BCUT2D eigenvalue weighted by molar-refractivity contribution is -0.157. The fourth-order valence-electron chi connectivity index (χ4n) is 3.14. The summed E-state index contributed by atoms with van der Waals surface area (Å²) in [5, 5.41) is 1.49. The van der Waals surface area contributed by atoms with Crippen LogP contribution in [0, 0.1) is 5.41 Å². The summed E-state index contributed by atoms with van der Waals surface area (Å²) in [4.78, 5) is 37.0. The van der Waals surface area contributed by atoms with E-state index in [1.54, 1.807) is 0 Å². The van der Waals surface area contributed by atoms with E-state index in [0.29, 0.717) is 25.7 Å². The van der Waals surface area contributed by atoms with Crippen LogP contribution in [0.25, 0.3) is 0 Å². The molecule has 3 aliphatic rings. The van der Waals surface area contributed by atoms with Crippen molar-refractivity contribution in [2.45, 2.75) is 37.4 Å². The molecule has 2 aliphatic heterocycles. The number of sulfone groups is 1. The Hall–Kier alpha value is -1.44. The summed E-state index contributed by atoms with van der Waals surface area (Å²) in [7, 11) is -3.23. The first-order valence-corrected chi connectivity index (χ1v) is 8.47. The maximum Gasteiger partial charge on any atom is 0.330 e. The number of amides is 4. The van der Waals surface area contributed by atoms with Crippen LogP contribution >= 0.6 is 0 Å². The van der Waals surface area contributed by atoms with Crippen molar-refractivity contribution in [2.24, 2.45) is 5.41 Å². The van der Waals surface area contributed by atoms with Gasteiger partial charge in [0.2, 0.25) is 11.8 Å². The van der Waals surface area contributed by atoms with Crippen LogP contribution in [0.4, 0.5) is 4.79 Å². The molecule has 110 valence electrons. The highest BCUT2D eigenvalue weighted by Gasteiger charge is 2.57. The van der Waals surface area contributed by atoms with Gasteiger partial charge in [0.05, 0.1) is 11.0 Å². The quantitative estimate of drug-likeness (QED) is 0.712. The summed E-state index contributed by atoms with van der Waals surface area (Å²) < 4.78 is 23.6. The van der Waals surface area contributed by atoms with E-state index < -0.39 is 38.3 Å². The molecule has 0 aromatic heterocycles. The smallest absolute Gasteiger partial charge is 0.277 e. The van der Waals surface area contributed by atoms with Crippen LogP contribution in [0.2, 0.25) is 0 Å². The van der Waals surface area contributed by atoms with E-state index in [1.165, 1.54) is 0 Å². The van der Waals surface area contributed by atoms with E-state index in [-0.39, 0.29) is 12.3 Å². The second kappa shape index (κ2) is 4.28. The van der Waals surface area contributed by atoms with Gasteiger partial charge in [0.1, 0.15) is 5.41 Å². The SMILES string of the molecule is O=C1NC(=O)C2(CCC2)C(=O)N1CC1CCCS1(=O)=O. The lowest BCUT2D eigenvalue weighted by Gasteiger charge is -2.44. The van der Waals surface area contributed by atoms with Gasteiger partial charge >= 0.3 is 6.03 Å². The number of carbonyl (C=O) groups excluding carboxylic acids is 3. The topological polar surface area (TPSA) is 101 Å². The van der Waals surface area contributed by atoms with E-state index >= 15 is 0 Å². The maximum atomic E-state index is 12.4. The van der Waals surface area contributed by atoms with Crippen LogP contribution in [0.3, 0.4) is 0 Å². The van der Waals surface area contributed by atoms with E-state index in [1.807, 2.05) is 0 Å². The minimum Gasteiger partial charge on any atom is -0.277 e. The number of imide groups is 2. The second-order valence-corrected chi connectivity index (χ2v) is 8.14. The first-order chi connectivity index (χ1) is 9.37. The predicted molar refractivity (Wildman–Crippen MR) is 68.3 cm³/mol. The lowest BCUT2D eigenvalue weighted by atomic mass is 9.66. The lowest BCUT2D eigenvalue weighted by Crippen LogP contribution is -2.67. The van der Waals surface area contributed by atoms with Crippen LogP contribution in [-0.2, 0) is 19.4 Å². The van der Waals surface area contributed by atoms with E-state index in [4.69, 9.17) is 0 Å². The molecule has 0 aromatic rings. The largest absolute Gasteiger partial charge is 0.330 e. The van der Waals surface area contributed by atoms with Crippen LogP contribution in [0.1, 0.15) is 32.1 Å². The average Bonchev–Trinajstić information content (AvgIpc) is 2.61. The number of rotatable bonds is 2. The molecule has 8 heteroatoms. The summed E-state index contributed by atoms with van der Waals surface area (Å²) >= 11 is 0. The zero-order chi connectivity index (χ0) is 14.5. The molecule has 0 aromatic carbocycles. The van der Waals surface area contributed by atoms with E-state index in [2.05, 4.69) is 5.32 Å². The highest BCUT2D eigenvalue weighted by atomic mass is 32.2. The first kappa shape index (κ1) is 13.5. The van der Waals surface area contributed by atoms with Crippen molar-refractivity contribution in [1.29, 1.82) is 0 Å². The monoisotopic (exact) mass is 300 g/mol. The first-order valence-electron chi connectivity index (χ1n) is 6.76. The van der Waals surface area contributed by atoms with Gasteiger partial charge in [-0.15, -0.1) is 0 Å². The summed E-state index contributed by atoms with van der Waals surface area (Å²) in [6.45, 7) is -0.137. The van der Waals surface area contributed by atoms with Crippen LogP contribution in [0.5, 0.6) is 0 Å². The number of barbiturate groups is 1. The molecule has 1 unspecified atom stereocenters. The Kier molecular flexibility index (Phi) is 2.89. The van der Waals surface area contributed by atoms with Crippen molar-refractivity contribution < 1.29 is 22.8 Å². The molecule has 7 nitrogen and oxygen atoms in total. The Morgan fingerprint density at radius 3 is 2.40 bits per heavy atom. The van der Waals surface area contributed by atoms with Gasteiger partial charge in [-0.25, -0.2) is 13.2 Å². The Morgan fingerprint density at radius 2 is 1.90 bits per heavy atom. The van der Waals surface area contributed by atoms with Crippen molar-refractivity contribution in [3.05, 3.63) is 0 Å². The molecule has 1 spiro atoms. The van der Waals surface area contributed by atoms with Gasteiger partial charge in [0.15, 0.2) is 9.84 Å². The molecule has 2 heterocycles. The molecular weight excluding hydrogens is 284 g/mol. The van der Waals surface area contributed by atoms with Crippen LogP contribution in [-0.4, -0.2) is 48.7 Å². The minimum absolute atomic E-state index is 0.103. The highest BCUT2D eigenvalue weighted by molar-refractivity contribution is 7.92. The Balaban J connectivity index is 1.83. The molecule has 1 atom stereocenters. The third-order valence-corrected chi connectivity index (χ3v) is 6.87. The molecule has 2 saturated heterocycles. The fourth-order valence-corrected chi connectivity index (χ4v) is 4.94. The third-order valence-electron chi connectivity index (χ3n) is 4.61. The van der Waals surface area contributed by atoms with Crippen molar-refractivity contribution in [2.75, 3.05) is 12.3 Å².